The van der Waals surface area contributed by atoms with Gasteiger partial charge in [0.25, 0.3) is 0 Å². The quantitative estimate of drug-likeness (QED) is 0.832. The van der Waals surface area contributed by atoms with Gasteiger partial charge in [0.1, 0.15) is 0 Å². The van der Waals surface area contributed by atoms with Crippen molar-refractivity contribution >= 4 is 0 Å². The first kappa shape index (κ1) is 14.3. The highest BCUT2D eigenvalue weighted by Crippen LogP contribution is 2.34. The van der Waals surface area contributed by atoms with Gasteiger partial charge in [0.15, 0.2) is 0 Å². The van der Waals surface area contributed by atoms with Crippen molar-refractivity contribution in [1.82, 2.24) is 10.2 Å². The average Bonchev–Trinajstić information content (AvgIpc) is 2.26. The fourth-order valence-corrected chi connectivity index (χ4v) is 3.02. The Labute approximate surface area is 112 Å². The summed E-state index contributed by atoms with van der Waals surface area (Å²) < 4.78 is 5.96. The zero-order valence-corrected chi connectivity index (χ0v) is 12.6. The number of ether oxygens (including phenoxy) is 1. The molecular weight excluding hydrogens is 224 g/mol. The lowest BCUT2D eigenvalue weighted by Gasteiger charge is -2.41. The Morgan fingerprint density at radius 1 is 1.22 bits per heavy atom. The summed E-state index contributed by atoms with van der Waals surface area (Å²) >= 11 is 0. The molecule has 106 valence electrons. The van der Waals surface area contributed by atoms with Gasteiger partial charge in [-0.05, 0) is 44.2 Å². The summed E-state index contributed by atoms with van der Waals surface area (Å²) in [5.41, 5.74) is 0.595. The van der Waals surface area contributed by atoms with Gasteiger partial charge in [0, 0.05) is 19.6 Å². The standard InChI is InChI=1S/C15H30N2O/c1-14(2,3)13-5-7-17(8-6-13)9-10-18-15(4)11-16-12-15/h13,16H,5-12H2,1-4H3. The van der Waals surface area contributed by atoms with Crippen LogP contribution in [0.5, 0.6) is 0 Å². The van der Waals surface area contributed by atoms with Crippen molar-refractivity contribution < 1.29 is 4.74 Å². The van der Waals surface area contributed by atoms with Crippen molar-refractivity contribution in [3.05, 3.63) is 0 Å². The first-order valence-corrected chi connectivity index (χ1v) is 7.46. The Kier molecular flexibility index (Phi) is 4.35. The van der Waals surface area contributed by atoms with Gasteiger partial charge in [-0.2, -0.15) is 0 Å². The molecule has 2 aliphatic rings. The molecule has 2 fully saturated rings. The molecule has 0 unspecified atom stereocenters. The number of piperidine rings is 1. The lowest BCUT2D eigenvalue weighted by Crippen LogP contribution is -2.59. The lowest BCUT2D eigenvalue weighted by molar-refractivity contribution is -0.0742. The molecule has 2 aliphatic heterocycles. The van der Waals surface area contributed by atoms with Crippen LogP contribution in [-0.4, -0.2) is 49.8 Å². The Morgan fingerprint density at radius 3 is 2.28 bits per heavy atom. The van der Waals surface area contributed by atoms with Crippen molar-refractivity contribution in [2.24, 2.45) is 11.3 Å². The molecule has 0 aromatic heterocycles. The Bertz CT molecular complexity index is 260. The monoisotopic (exact) mass is 254 g/mol. The summed E-state index contributed by atoms with van der Waals surface area (Å²) in [7, 11) is 0. The molecule has 2 rings (SSSR count). The molecule has 0 radical (unpaired) electrons. The minimum atomic E-state index is 0.115. The highest BCUT2D eigenvalue weighted by Gasteiger charge is 2.33. The van der Waals surface area contributed by atoms with Crippen LogP contribution >= 0.6 is 0 Å². The van der Waals surface area contributed by atoms with E-state index in [1.165, 1.54) is 25.9 Å². The first-order chi connectivity index (χ1) is 8.39. The number of nitrogens with one attached hydrogen (secondary N) is 1. The van der Waals surface area contributed by atoms with E-state index in [4.69, 9.17) is 4.74 Å². The summed E-state index contributed by atoms with van der Waals surface area (Å²) in [4.78, 5) is 2.57. The fraction of sp³-hybridized carbons (Fsp3) is 1.00. The molecule has 0 bridgehead atoms. The third-order valence-corrected chi connectivity index (χ3v) is 4.67. The molecule has 3 heteroatoms. The molecule has 0 spiro atoms. The number of likely N-dealkylation sites (tertiary alicyclic amines) is 1. The smallest absolute Gasteiger partial charge is 0.0902 e. The van der Waals surface area contributed by atoms with Gasteiger partial charge in [-0.25, -0.2) is 0 Å². The van der Waals surface area contributed by atoms with Gasteiger partial charge in [-0.3, -0.25) is 0 Å². The second-order valence-corrected chi connectivity index (χ2v) is 7.38. The van der Waals surface area contributed by atoms with E-state index in [9.17, 15) is 0 Å². The number of rotatable bonds is 4. The maximum Gasteiger partial charge on any atom is 0.0902 e. The van der Waals surface area contributed by atoms with Crippen LogP contribution < -0.4 is 5.32 Å². The largest absolute Gasteiger partial charge is 0.371 e. The van der Waals surface area contributed by atoms with Crippen LogP contribution in [0.15, 0.2) is 0 Å². The zero-order valence-electron chi connectivity index (χ0n) is 12.6. The highest BCUT2D eigenvalue weighted by molar-refractivity contribution is 4.90. The molecule has 2 heterocycles. The molecule has 1 N–H and O–H groups in total. The van der Waals surface area contributed by atoms with Crippen LogP contribution in [0.3, 0.4) is 0 Å². The van der Waals surface area contributed by atoms with E-state index in [1.807, 2.05) is 0 Å². The second-order valence-electron chi connectivity index (χ2n) is 7.38. The van der Waals surface area contributed by atoms with E-state index < -0.39 is 0 Å². The summed E-state index contributed by atoms with van der Waals surface area (Å²) in [6, 6.07) is 0. The molecule has 0 aliphatic carbocycles. The summed E-state index contributed by atoms with van der Waals surface area (Å²) in [5.74, 6) is 0.892. The number of hydrogen-bond acceptors (Lipinski definition) is 3. The van der Waals surface area contributed by atoms with E-state index in [2.05, 4.69) is 37.9 Å². The second kappa shape index (κ2) is 5.48. The SMILES string of the molecule is CC1(OCCN2CCC(C(C)(C)C)CC2)CNC1. The van der Waals surface area contributed by atoms with Crippen molar-refractivity contribution in [3.63, 3.8) is 0 Å². The highest BCUT2D eigenvalue weighted by atomic mass is 16.5. The van der Waals surface area contributed by atoms with Gasteiger partial charge in [-0.15, -0.1) is 0 Å². The van der Waals surface area contributed by atoms with Crippen LogP contribution in [0.2, 0.25) is 0 Å². The molecule has 2 saturated heterocycles. The van der Waals surface area contributed by atoms with E-state index in [1.54, 1.807) is 0 Å². The number of hydrogen-bond donors (Lipinski definition) is 1. The Morgan fingerprint density at radius 2 is 1.83 bits per heavy atom. The third-order valence-electron chi connectivity index (χ3n) is 4.67. The van der Waals surface area contributed by atoms with Crippen molar-refractivity contribution in [2.45, 2.75) is 46.1 Å². The van der Waals surface area contributed by atoms with Gasteiger partial charge in [0.2, 0.25) is 0 Å². The van der Waals surface area contributed by atoms with E-state index in [0.717, 1.165) is 32.2 Å². The zero-order chi connectivity index (χ0) is 13.2. The molecule has 0 saturated carbocycles. The normalized spacial score (nSPS) is 26.0. The molecule has 3 nitrogen and oxygen atoms in total. The summed E-state index contributed by atoms with van der Waals surface area (Å²) in [5, 5.41) is 3.27. The van der Waals surface area contributed by atoms with Gasteiger partial charge in [0.05, 0.1) is 12.2 Å². The topological polar surface area (TPSA) is 24.5 Å². The Balaban J connectivity index is 1.62. The van der Waals surface area contributed by atoms with Crippen molar-refractivity contribution in [3.8, 4) is 0 Å². The predicted octanol–water partition coefficient (Wildman–Crippen LogP) is 2.12. The number of nitrogens with zero attached hydrogens (tertiary/aromatic N) is 1. The molecule has 0 atom stereocenters. The van der Waals surface area contributed by atoms with Gasteiger partial charge < -0.3 is 15.0 Å². The fourth-order valence-electron chi connectivity index (χ4n) is 3.02. The molecule has 0 aromatic carbocycles. The summed E-state index contributed by atoms with van der Waals surface area (Å²) in [6.07, 6.45) is 2.70. The van der Waals surface area contributed by atoms with E-state index in [0.29, 0.717) is 5.41 Å². The lowest BCUT2D eigenvalue weighted by atomic mass is 9.75. The molecule has 18 heavy (non-hydrogen) atoms. The van der Waals surface area contributed by atoms with Gasteiger partial charge >= 0.3 is 0 Å². The molecule has 0 amide bonds. The van der Waals surface area contributed by atoms with Crippen LogP contribution in [0, 0.1) is 11.3 Å². The predicted molar refractivity (Wildman–Crippen MR) is 75.8 cm³/mol. The average molecular weight is 254 g/mol. The molecule has 0 aromatic rings. The molecular formula is C15H30N2O. The van der Waals surface area contributed by atoms with Crippen LogP contribution in [0.1, 0.15) is 40.5 Å². The van der Waals surface area contributed by atoms with Crippen LogP contribution in [0.25, 0.3) is 0 Å². The van der Waals surface area contributed by atoms with Crippen molar-refractivity contribution in [2.75, 3.05) is 39.3 Å². The maximum atomic E-state index is 5.96. The van der Waals surface area contributed by atoms with Crippen LogP contribution in [0.4, 0.5) is 0 Å². The van der Waals surface area contributed by atoms with Crippen molar-refractivity contribution in [1.29, 1.82) is 0 Å². The Hall–Kier alpha value is -0.120. The van der Waals surface area contributed by atoms with Gasteiger partial charge in [-0.1, -0.05) is 20.8 Å². The maximum absolute atomic E-state index is 5.96. The van der Waals surface area contributed by atoms with Crippen LogP contribution in [-0.2, 0) is 4.74 Å². The van der Waals surface area contributed by atoms with E-state index >= 15 is 0 Å². The minimum absolute atomic E-state index is 0.115. The first-order valence-electron chi connectivity index (χ1n) is 7.46. The summed E-state index contributed by atoms with van der Waals surface area (Å²) in [6.45, 7) is 15.8. The van der Waals surface area contributed by atoms with E-state index in [-0.39, 0.29) is 5.60 Å². The third kappa shape index (κ3) is 3.69. The minimum Gasteiger partial charge on any atom is -0.371 e.